The Kier molecular flexibility index (Phi) is 8.84. The maximum atomic E-state index is 13.6. The second kappa shape index (κ2) is 12.4. The van der Waals surface area contributed by atoms with E-state index in [1.165, 1.54) is 12.1 Å². The fourth-order valence-corrected chi connectivity index (χ4v) is 5.67. The number of aryl methyl sites for hydroxylation is 1. The summed E-state index contributed by atoms with van der Waals surface area (Å²) in [5.41, 5.74) is 9.47. The van der Waals surface area contributed by atoms with Gasteiger partial charge < -0.3 is 5.43 Å². The summed E-state index contributed by atoms with van der Waals surface area (Å²) in [6.07, 6.45) is 2.48. The van der Waals surface area contributed by atoms with Crippen LogP contribution in [0.1, 0.15) is 16.7 Å². The molecule has 2 N–H and O–H groups in total. The maximum absolute atomic E-state index is 13.6. The molecule has 0 atom stereocenters. The highest BCUT2D eigenvalue weighted by Crippen LogP contribution is 2.28. The summed E-state index contributed by atoms with van der Waals surface area (Å²) in [4.78, 5) is 13.2. The van der Waals surface area contributed by atoms with Crippen molar-refractivity contribution in [1.29, 1.82) is 0 Å². The van der Waals surface area contributed by atoms with E-state index in [-0.39, 0.29) is 4.90 Å². The number of benzene rings is 4. The maximum Gasteiger partial charge on any atom is 0.264 e. The molecule has 0 unspecified atom stereocenters. The van der Waals surface area contributed by atoms with Crippen LogP contribution in [-0.2, 0) is 21.2 Å². The number of allylic oxidation sites excluding steroid dienone is 1. The minimum atomic E-state index is -4.03. The monoisotopic (exact) mass is 545 g/mol. The number of halogens is 1. The van der Waals surface area contributed by atoms with Crippen molar-refractivity contribution in [3.8, 4) is 0 Å². The van der Waals surface area contributed by atoms with Crippen molar-refractivity contribution < 1.29 is 13.2 Å². The molecule has 0 spiro atoms. The van der Waals surface area contributed by atoms with Crippen LogP contribution in [0.15, 0.2) is 120 Å². The Balaban J connectivity index is 1.58. The van der Waals surface area contributed by atoms with Crippen molar-refractivity contribution in [1.82, 2.24) is 10.9 Å². The summed E-state index contributed by atoms with van der Waals surface area (Å²) < 4.78 is 28.3. The van der Waals surface area contributed by atoms with E-state index in [1.807, 2.05) is 66.7 Å². The van der Waals surface area contributed by atoms with Crippen molar-refractivity contribution in [2.24, 2.45) is 0 Å². The highest BCUT2D eigenvalue weighted by atomic mass is 35.5. The van der Waals surface area contributed by atoms with Crippen LogP contribution in [0, 0.1) is 6.92 Å². The van der Waals surface area contributed by atoms with Gasteiger partial charge in [-0.1, -0.05) is 90.5 Å². The highest BCUT2D eigenvalue weighted by Gasteiger charge is 2.28. The van der Waals surface area contributed by atoms with E-state index in [4.69, 9.17) is 11.6 Å². The van der Waals surface area contributed by atoms with Gasteiger partial charge in [-0.25, -0.2) is 8.42 Å². The van der Waals surface area contributed by atoms with E-state index in [2.05, 4.69) is 10.9 Å². The van der Waals surface area contributed by atoms with Crippen LogP contribution in [0.5, 0.6) is 0 Å². The third-order valence-electron chi connectivity index (χ3n) is 5.79. The summed E-state index contributed by atoms with van der Waals surface area (Å²) in [6, 6.07) is 32.5. The van der Waals surface area contributed by atoms with Crippen molar-refractivity contribution in [3.63, 3.8) is 0 Å². The second-order valence-corrected chi connectivity index (χ2v) is 11.0. The van der Waals surface area contributed by atoms with Gasteiger partial charge in [0.2, 0.25) is 0 Å². The lowest BCUT2D eigenvalue weighted by Gasteiger charge is -2.26. The number of anilines is 1. The van der Waals surface area contributed by atoms with Gasteiger partial charge in [-0.05, 0) is 60.0 Å². The molecule has 4 rings (SSSR count). The van der Waals surface area contributed by atoms with Gasteiger partial charge in [-0.15, -0.1) is 0 Å². The molecule has 4 aromatic carbocycles. The van der Waals surface area contributed by atoms with Crippen molar-refractivity contribution in [2.45, 2.75) is 18.2 Å². The lowest BCUT2D eigenvalue weighted by Crippen LogP contribution is -2.45. The molecule has 4 aromatic rings. The van der Waals surface area contributed by atoms with E-state index in [0.29, 0.717) is 22.7 Å². The van der Waals surface area contributed by atoms with E-state index in [0.717, 1.165) is 21.1 Å². The number of rotatable bonds is 10. The third kappa shape index (κ3) is 7.03. The van der Waals surface area contributed by atoms with Gasteiger partial charge >= 0.3 is 0 Å². The quantitative estimate of drug-likeness (QED) is 0.249. The van der Waals surface area contributed by atoms with Crippen LogP contribution in [0.3, 0.4) is 0 Å². The molecule has 0 radical (unpaired) electrons. The first kappa shape index (κ1) is 27.0. The van der Waals surface area contributed by atoms with Crippen LogP contribution in [0.2, 0.25) is 5.02 Å². The fraction of sp³-hybridized carbons (Fsp3) is 0.100. The zero-order valence-corrected chi connectivity index (χ0v) is 22.4. The summed E-state index contributed by atoms with van der Waals surface area (Å²) in [7, 11) is -4.03. The molecule has 0 aliphatic heterocycles. The van der Waals surface area contributed by atoms with Gasteiger partial charge in [-0.2, -0.15) is 0 Å². The number of sulfonamides is 1. The summed E-state index contributed by atoms with van der Waals surface area (Å²) in [6.45, 7) is 1.32. The minimum absolute atomic E-state index is 0.0869. The fourth-order valence-electron chi connectivity index (χ4n) is 3.94. The molecule has 0 heterocycles. The van der Waals surface area contributed by atoms with E-state index in [1.54, 1.807) is 43.3 Å². The molecule has 0 saturated carbocycles. The molecule has 8 heteroatoms. The zero-order valence-electron chi connectivity index (χ0n) is 20.8. The Labute approximate surface area is 228 Å². The number of nitrogens with one attached hydrogen (secondary N) is 2. The van der Waals surface area contributed by atoms with Gasteiger partial charge in [0.05, 0.1) is 10.6 Å². The molecule has 0 fully saturated rings. The van der Waals surface area contributed by atoms with Crippen LogP contribution in [0.4, 0.5) is 5.69 Å². The van der Waals surface area contributed by atoms with Gasteiger partial charge in [-0.3, -0.25) is 14.5 Å². The molecule has 0 aromatic heterocycles. The Hall–Kier alpha value is -4.07. The third-order valence-corrected chi connectivity index (χ3v) is 7.80. The summed E-state index contributed by atoms with van der Waals surface area (Å²) in [5.74, 6) is -0.522. The Morgan fingerprint density at radius 3 is 2.08 bits per heavy atom. The first-order chi connectivity index (χ1) is 18.3. The Morgan fingerprint density at radius 2 is 1.45 bits per heavy atom. The number of hydrogen-bond acceptors (Lipinski definition) is 4. The summed E-state index contributed by atoms with van der Waals surface area (Å²) in [5, 5.41) is 0.478. The smallest absolute Gasteiger partial charge is 0.264 e. The lowest BCUT2D eigenvalue weighted by atomic mass is 10.1. The van der Waals surface area contributed by atoms with Crippen LogP contribution in [0.25, 0.3) is 6.08 Å². The standard InChI is InChI=1S/C30H28ClN3O3S/c1-23-19-26(31)17-18-29(23)34(38(36,37)28-15-9-4-10-16-28)22-30(35)33-32-27(20-24-11-5-2-6-12-24)21-25-13-7-3-8-14-25/h2-20,32H,21-22H2,1H3,(H,33,35)/b27-20+. The van der Waals surface area contributed by atoms with Gasteiger partial charge in [0.1, 0.15) is 6.54 Å². The number of nitrogens with zero attached hydrogens (tertiary/aromatic N) is 1. The number of carbonyl (C=O) groups excluding carboxylic acids is 1. The van der Waals surface area contributed by atoms with Crippen molar-refractivity contribution >= 4 is 39.3 Å². The molecule has 0 saturated heterocycles. The largest absolute Gasteiger partial charge is 0.302 e. The van der Waals surface area contributed by atoms with E-state index < -0.39 is 22.5 Å². The predicted molar refractivity (Wildman–Crippen MR) is 153 cm³/mol. The molecule has 0 aliphatic carbocycles. The lowest BCUT2D eigenvalue weighted by molar-refractivity contribution is -0.120. The number of hydrazine groups is 1. The van der Waals surface area contributed by atoms with E-state index in [9.17, 15) is 13.2 Å². The van der Waals surface area contributed by atoms with Crippen LogP contribution < -0.4 is 15.2 Å². The second-order valence-electron chi connectivity index (χ2n) is 8.67. The van der Waals surface area contributed by atoms with Crippen LogP contribution in [-0.4, -0.2) is 20.9 Å². The Bertz CT molecular complexity index is 1510. The molecule has 194 valence electrons. The SMILES string of the molecule is Cc1cc(Cl)ccc1N(CC(=O)NN/C(=C/c1ccccc1)Cc1ccccc1)S(=O)(=O)c1ccccc1. The molecule has 0 aliphatic rings. The average molecular weight is 546 g/mol. The number of hydrogen-bond donors (Lipinski definition) is 2. The number of carbonyl (C=O) groups is 1. The topological polar surface area (TPSA) is 78.5 Å². The predicted octanol–water partition coefficient (Wildman–Crippen LogP) is 5.75. The van der Waals surface area contributed by atoms with Gasteiger partial charge in [0, 0.05) is 17.1 Å². The van der Waals surface area contributed by atoms with Crippen LogP contribution >= 0.6 is 11.6 Å². The average Bonchev–Trinajstić information content (AvgIpc) is 2.92. The highest BCUT2D eigenvalue weighted by molar-refractivity contribution is 7.92. The molecule has 6 nitrogen and oxygen atoms in total. The molecular formula is C30H28ClN3O3S. The molecule has 0 bridgehead atoms. The van der Waals surface area contributed by atoms with Crippen molar-refractivity contribution in [3.05, 3.63) is 137 Å². The molecular weight excluding hydrogens is 518 g/mol. The first-order valence-electron chi connectivity index (χ1n) is 12.0. The minimum Gasteiger partial charge on any atom is -0.302 e. The van der Waals surface area contributed by atoms with Crippen molar-refractivity contribution in [2.75, 3.05) is 10.8 Å². The number of amides is 1. The van der Waals surface area contributed by atoms with E-state index >= 15 is 0 Å². The normalized spacial score (nSPS) is 11.6. The Morgan fingerprint density at radius 1 is 0.842 bits per heavy atom. The summed E-state index contributed by atoms with van der Waals surface area (Å²) >= 11 is 6.11. The van der Waals surface area contributed by atoms with Gasteiger partial charge in [0.25, 0.3) is 15.9 Å². The molecule has 38 heavy (non-hydrogen) atoms. The molecule has 1 amide bonds. The van der Waals surface area contributed by atoms with Gasteiger partial charge in [0.15, 0.2) is 0 Å². The zero-order chi connectivity index (χ0) is 27.0. The first-order valence-corrected chi connectivity index (χ1v) is 13.8.